The Labute approximate surface area is 148 Å². The molecule has 2 aromatic rings. The molecular formula is C17H16N4O3S. The molecule has 0 saturated carbocycles. The number of nitrogens with zero attached hydrogens (tertiary/aromatic N) is 2. The molecule has 2 amide bonds. The van der Waals surface area contributed by atoms with Crippen LogP contribution in [0.3, 0.4) is 0 Å². The van der Waals surface area contributed by atoms with E-state index < -0.39 is 5.25 Å². The highest BCUT2D eigenvalue weighted by atomic mass is 32.2. The fraction of sp³-hybridized carbons (Fsp3) is 0.176. The highest BCUT2D eigenvalue weighted by molar-refractivity contribution is 8.15. The molecule has 0 aliphatic carbocycles. The van der Waals surface area contributed by atoms with Gasteiger partial charge in [0, 0.05) is 12.1 Å². The van der Waals surface area contributed by atoms with E-state index in [-0.39, 0.29) is 23.4 Å². The van der Waals surface area contributed by atoms with E-state index in [1.54, 1.807) is 12.1 Å². The summed E-state index contributed by atoms with van der Waals surface area (Å²) in [5.41, 5.74) is 1.80. The molecule has 1 unspecified atom stereocenters. The van der Waals surface area contributed by atoms with Crippen molar-refractivity contribution >= 4 is 40.6 Å². The van der Waals surface area contributed by atoms with Gasteiger partial charge in [-0.25, -0.2) is 0 Å². The summed E-state index contributed by atoms with van der Waals surface area (Å²) in [6.07, 6.45) is 3.04. The predicted octanol–water partition coefficient (Wildman–Crippen LogP) is 2.54. The van der Waals surface area contributed by atoms with Crippen LogP contribution >= 0.6 is 11.8 Å². The second-order valence-electron chi connectivity index (χ2n) is 5.38. The van der Waals surface area contributed by atoms with E-state index in [0.717, 1.165) is 17.3 Å². The Balaban J connectivity index is 1.64. The summed E-state index contributed by atoms with van der Waals surface area (Å²) in [6.45, 7) is 1.97. The molecule has 1 saturated heterocycles. The molecule has 2 heterocycles. The van der Waals surface area contributed by atoms with Gasteiger partial charge in [0.1, 0.15) is 11.0 Å². The summed E-state index contributed by atoms with van der Waals surface area (Å²) in [5.74, 6) is 0.0336. The number of carbonyl (C=O) groups is 2. The van der Waals surface area contributed by atoms with E-state index in [4.69, 9.17) is 4.42 Å². The van der Waals surface area contributed by atoms with Gasteiger partial charge in [0.15, 0.2) is 5.17 Å². The summed E-state index contributed by atoms with van der Waals surface area (Å²) in [4.78, 5) is 24.2. The summed E-state index contributed by atoms with van der Waals surface area (Å²) in [7, 11) is 0. The van der Waals surface area contributed by atoms with Crippen molar-refractivity contribution in [3.63, 3.8) is 0 Å². The zero-order chi connectivity index (χ0) is 17.6. The second kappa shape index (κ2) is 7.80. The first kappa shape index (κ1) is 17.0. The van der Waals surface area contributed by atoms with E-state index in [0.29, 0.717) is 11.4 Å². The lowest BCUT2D eigenvalue weighted by molar-refractivity contribution is -0.123. The number of rotatable bonds is 4. The van der Waals surface area contributed by atoms with Gasteiger partial charge in [-0.15, -0.1) is 5.10 Å². The van der Waals surface area contributed by atoms with Gasteiger partial charge in [0.2, 0.25) is 11.8 Å². The number of aryl methyl sites for hydroxylation is 1. The SMILES string of the molecule is Cc1ccc(NC(=O)C2CC(=O)NC(=N/N=C/c3ccco3)S2)cc1. The van der Waals surface area contributed by atoms with Gasteiger partial charge in [-0.05, 0) is 31.2 Å². The highest BCUT2D eigenvalue weighted by Gasteiger charge is 2.30. The first-order chi connectivity index (χ1) is 12.1. The van der Waals surface area contributed by atoms with Crippen molar-refractivity contribution in [3.8, 4) is 0 Å². The van der Waals surface area contributed by atoms with Gasteiger partial charge in [-0.2, -0.15) is 5.10 Å². The molecule has 2 N–H and O–H groups in total. The van der Waals surface area contributed by atoms with Crippen molar-refractivity contribution in [2.24, 2.45) is 10.2 Å². The van der Waals surface area contributed by atoms with E-state index in [1.807, 2.05) is 31.2 Å². The molecule has 1 aliphatic rings. The molecule has 0 radical (unpaired) electrons. The van der Waals surface area contributed by atoms with Gasteiger partial charge in [0.05, 0.1) is 12.5 Å². The molecule has 128 valence electrons. The number of carbonyl (C=O) groups excluding carboxylic acids is 2. The highest BCUT2D eigenvalue weighted by Crippen LogP contribution is 2.22. The van der Waals surface area contributed by atoms with Crippen LogP contribution in [-0.4, -0.2) is 28.4 Å². The Kier molecular flexibility index (Phi) is 5.30. The molecule has 1 aliphatic heterocycles. The number of thioether (sulfide) groups is 1. The van der Waals surface area contributed by atoms with E-state index in [9.17, 15) is 9.59 Å². The van der Waals surface area contributed by atoms with E-state index in [1.165, 1.54) is 12.5 Å². The fourth-order valence-electron chi connectivity index (χ4n) is 2.10. The van der Waals surface area contributed by atoms with Crippen LogP contribution in [0.1, 0.15) is 17.7 Å². The van der Waals surface area contributed by atoms with Crippen LogP contribution in [0.25, 0.3) is 0 Å². The van der Waals surface area contributed by atoms with Gasteiger partial charge >= 0.3 is 0 Å². The molecule has 1 atom stereocenters. The average molecular weight is 356 g/mol. The van der Waals surface area contributed by atoms with E-state index in [2.05, 4.69) is 20.8 Å². The van der Waals surface area contributed by atoms with Crippen LogP contribution in [0, 0.1) is 6.92 Å². The maximum Gasteiger partial charge on any atom is 0.238 e. The number of amidine groups is 1. The van der Waals surface area contributed by atoms with Gasteiger partial charge < -0.3 is 15.1 Å². The maximum absolute atomic E-state index is 12.4. The molecule has 3 rings (SSSR count). The van der Waals surface area contributed by atoms with Crippen molar-refractivity contribution < 1.29 is 14.0 Å². The summed E-state index contributed by atoms with van der Waals surface area (Å²) in [5, 5.41) is 12.9. The minimum atomic E-state index is -0.562. The number of amides is 2. The topological polar surface area (TPSA) is 96.1 Å². The fourth-order valence-corrected chi connectivity index (χ4v) is 3.04. The van der Waals surface area contributed by atoms with Crippen LogP contribution in [0.5, 0.6) is 0 Å². The van der Waals surface area contributed by atoms with Crippen molar-refractivity contribution in [1.29, 1.82) is 0 Å². The first-order valence-electron chi connectivity index (χ1n) is 7.59. The Morgan fingerprint density at radius 2 is 2.16 bits per heavy atom. The number of nitrogens with one attached hydrogen (secondary N) is 2. The largest absolute Gasteiger partial charge is 0.463 e. The molecule has 7 nitrogen and oxygen atoms in total. The van der Waals surface area contributed by atoms with Crippen LogP contribution in [-0.2, 0) is 9.59 Å². The van der Waals surface area contributed by atoms with E-state index >= 15 is 0 Å². The average Bonchev–Trinajstić information content (AvgIpc) is 3.10. The molecule has 1 aromatic carbocycles. The number of benzene rings is 1. The number of furan rings is 1. The smallest absolute Gasteiger partial charge is 0.238 e. The van der Waals surface area contributed by atoms with Crippen LogP contribution in [0.2, 0.25) is 0 Å². The van der Waals surface area contributed by atoms with Crippen molar-refractivity contribution in [2.75, 3.05) is 5.32 Å². The molecule has 1 fully saturated rings. The third-order valence-electron chi connectivity index (χ3n) is 3.36. The number of hydrogen-bond donors (Lipinski definition) is 2. The zero-order valence-corrected chi connectivity index (χ0v) is 14.2. The number of anilines is 1. The minimum Gasteiger partial charge on any atom is -0.463 e. The van der Waals surface area contributed by atoms with Crippen molar-refractivity contribution in [2.45, 2.75) is 18.6 Å². The first-order valence-corrected chi connectivity index (χ1v) is 8.47. The lowest BCUT2D eigenvalue weighted by Gasteiger charge is -2.21. The number of hydrogen-bond acceptors (Lipinski definition) is 6. The van der Waals surface area contributed by atoms with Crippen LogP contribution in [0.4, 0.5) is 5.69 Å². The van der Waals surface area contributed by atoms with Crippen LogP contribution < -0.4 is 10.6 Å². The third kappa shape index (κ3) is 4.80. The Bertz CT molecular complexity index is 813. The lowest BCUT2D eigenvalue weighted by Crippen LogP contribution is -2.41. The molecule has 8 heteroatoms. The monoisotopic (exact) mass is 356 g/mol. The predicted molar refractivity (Wildman–Crippen MR) is 97.7 cm³/mol. The molecular weight excluding hydrogens is 340 g/mol. The molecule has 25 heavy (non-hydrogen) atoms. The Morgan fingerprint density at radius 1 is 1.36 bits per heavy atom. The summed E-state index contributed by atoms with van der Waals surface area (Å²) >= 11 is 1.16. The van der Waals surface area contributed by atoms with Crippen molar-refractivity contribution in [1.82, 2.24) is 5.32 Å². The molecule has 0 spiro atoms. The standard InChI is InChI=1S/C17H16N4O3S/c1-11-4-6-12(7-5-11)19-16(23)14-9-15(22)20-17(25-14)21-18-10-13-3-2-8-24-13/h2-8,10,14H,9H2,1H3,(H,19,23)(H,20,21,22)/b18-10+. The zero-order valence-electron chi connectivity index (χ0n) is 13.4. The third-order valence-corrected chi connectivity index (χ3v) is 4.43. The van der Waals surface area contributed by atoms with Gasteiger partial charge in [0.25, 0.3) is 0 Å². The summed E-state index contributed by atoms with van der Waals surface area (Å²) < 4.78 is 5.10. The Morgan fingerprint density at radius 3 is 2.88 bits per heavy atom. The van der Waals surface area contributed by atoms with Crippen molar-refractivity contribution in [3.05, 3.63) is 54.0 Å². The lowest BCUT2D eigenvalue weighted by atomic mass is 10.2. The maximum atomic E-state index is 12.4. The van der Waals surface area contributed by atoms with Gasteiger partial charge in [-0.1, -0.05) is 29.5 Å². The summed E-state index contributed by atoms with van der Waals surface area (Å²) in [6, 6.07) is 10.9. The molecule has 1 aromatic heterocycles. The van der Waals surface area contributed by atoms with Crippen LogP contribution in [0.15, 0.2) is 57.3 Å². The normalized spacial score (nSPS) is 19.2. The minimum absolute atomic E-state index is 0.0866. The second-order valence-corrected chi connectivity index (χ2v) is 6.57. The van der Waals surface area contributed by atoms with Gasteiger partial charge in [-0.3, -0.25) is 9.59 Å². The Hall–Kier alpha value is -2.87. The quantitative estimate of drug-likeness (QED) is 0.650. The molecule has 0 bridgehead atoms.